The van der Waals surface area contributed by atoms with E-state index in [4.69, 9.17) is 4.42 Å². The first kappa shape index (κ1) is 22.7. The van der Waals surface area contributed by atoms with Crippen LogP contribution in [0.25, 0.3) is 11.5 Å². The molecule has 0 aliphatic carbocycles. The Morgan fingerprint density at radius 1 is 1.29 bits per heavy atom. The van der Waals surface area contributed by atoms with Crippen LogP contribution in [-0.2, 0) is 6.54 Å². The van der Waals surface area contributed by atoms with Gasteiger partial charge in [0.15, 0.2) is 5.96 Å². The van der Waals surface area contributed by atoms with E-state index >= 15 is 0 Å². The molecule has 2 heterocycles. The number of hydrogen-bond donors (Lipinski definition) is 2. The van der Waals surface area contributed by atoms with Crippen LogP contribution in [0.15, 0.2) is 46.0 Å². The van der Waals surface area contributed by atoms with Crippen LogP contribution in [0.4, 0.5) is 0 Å². The van der Waals surface area contributed by atoms with Crippen molar-refractivity contribution in [2.24, 2.45) is 10.9 Å². The van der Waals surface area contributed by atoms with Gasteiger partial charge in [-0.2, -0.15) is 0 Å². The molecule has 154 valence electrons. The smallest absolute Gasteiger partial charge is 0.226 e. The molecule has 0 spiro atoms. The molecule has 0 bridgehead atoms. The van der Waals surface area contributed by atoms with Gasteiger partial charge in [-0.15, -0.1) is 24.0 Å². The van der Waals surface area contributed by atoms with E-state index in [0.29, 0.717) is 12.4 Å². The van der Waals surface area contributed by atoms with Crippen LogP contribution in [0.5, 0.6) is 0 Å². The second kappa shape index (κ2) is 12.1. The molecule has 1 unspecified atom stereocenters. The second-order valence-corrected chi connectivity index (χ2v) is 7.18. The van der Waals surface area contributed by atoms with Gasteiger partial charge in [-0.3, -0.25) is 0 Å². The zero-order chi connectivity index (χ0) is 18.9. The third-order valence-electron chi connectivity index (χ3n) is 4.78. The average molecular weight is 497 g/mol. The van der Waals surface area contributed by atoms with Crippen LogP contribution in [0.3, 0.4) is 0 Å². The lowest BCUT2D eigenvalue weighted by Crippen LogP contribution is -2.43. The topological polar surface area (TPSA) is 65.7 Å². The zero-order valence-corrected chi connectivity index (χ0v) is 19.2. The molecule has 1 aliphatic heterocycles. The van der Waals surface area contributed by atoms with Crippen LogP contribution in [0.1, 0.15) is 32.4 Å². The van der Waals surface area contributed by atoms with Crippen LogP contribution in [0, 0.1) is 5.92 Å². The normalized spacial score (nSPS) is 17.8. The lowest BCUT2D eigenvalue weighted by Gasteiger charge is -2.30. The lowest BCUT2D eigenvalue weighted by molar-refractivity contribution is 0.187. The number of aromatic nitrogens is 1. The Bertz CT molecular complexity index is 719. The summed E-state index contributed by atoms with van der Waals surface area (Å²) < 4.78 is 5.59. The maximum Gasteiger partial charge on any atom is 0.226 e. The summed E-state index contributed by atoms with van der Waals surface area (Å²) in [6.45, 7) is 10.1. The van der Waals surface area contributed by atoms with Gasteiger partial charge in [0.25, 0.3) is 0 Å². The molecular weight excluding hydrogens is 465 g/mol. The molecule has 1 fully saturated rings. The Hall–Kier alpha value is -1.61. The summed E-state index contributed by atoms with van der Waals surface area (Å²) in [5.74, 6) is 2.27. The van der Waals surface area contributed by atoms with Gasteiger partial charge >= 0.3 is 0 Å². The quantitative estimate of drug-likeness (QED) is 0.347. The highest BCUT2D eigenvalue weighted by molar-refractivity contribution is 14.0. The van der Waals surface area contributed by atoms with Crippen molar-refractivity contribution in [2.45, 2.75) is 33.2 Å². The predicted octanol–water partition coefficient (Wildman–Crippen LogP) is 3.75. The van der Waals surface area contributed by atoms with Crippen molar-refractivity contribution >= 4 is 29.9 Å². The zero-order valence-electron chi connectivity index (χ0n) is 16.9. The average Bonchev–Trinajstić information content (AvgIpc) is 3.16. The standard InChI is InChI=1S/C21H31N5O.HI/c1-3-22-21(23-11-13-26-12-7-8-17(2)15-26)24-14-19-16-27-20(25-19)18-9-5-4-6-10-18;/h4-6,9-10,16-17H,3,7-8,11-15H2,1-2H3,(H2,22,23,24);1H. The third-order valence-corrected chi connectivity index (χ3v) is 4.78. The molecule has 0 saturated carbocycles. The van der Waals surface area contributed by atoms with Gasteiger partial charge in [-0.1, -0.05) is 25.1 Å². The number of hydrogen-bond acceptors (Lipinski definition) is 4. The molecule has 1 saturated heterocycles. The number of halogens is 1. The van der Waals surface area contributed by atoms with Gasteiger partial charge < -0.3 is 20.0 Å². The van der Waals surface area contributed by atoms with Crippen molar-refractivity contribution in [2.75, 3.05) is 32.7 Å². The molecule has 28 heavy (non-hydrogen) atoms. The molecule has 1 aliphatic rings. The summed E-state index contributed by atoms with van der Waals surface area (Å²) in [6.07, 6.45) is 4.35. The summed E-state index contributed by atoms with van der Waals surface area (Å²) in [6, 6.07) is 9.93. The SMILES string of the molecule is CCNC(=NCc1coc(-c2ccccc2)n1)NCCN1CCCC(C)C1.I. The third kappa shape index (κ3) is 7.09. The first-order valence-electron chi connectivity index (χ1n) is 9.99. The van der Waals surface area contributed by atoms with Crippen molar-refractivity contribution in [3.63, 3.8) is 0 Å². The fourth-order valence-corrected chi connectivity index (χ4v) is 3.42. The maximum atomic E-state index is 5.59. The Kier molecular flexibility index (Phi) is 9.77. The van der Waals surface area contributed by atoms with Gasteiger partial charge in [0.05, 0.1) is 6.54 Å². The second-order valence-electron chi connectivity index (χ2n) is 7.18. The minimum Gasteiger partial charge on any atom is -0.444 e. The van der Waals surface area contributed by atoms with Gasteiger partial charge in [0.1, 0.15) is 12.0 Å². The highest BCUT2D eigenvalue weighted by Crippen LogP contribution is 2.18. The number of likely N-dealkylation sites (tertiary alicyclic amines) is 1. The summed E-state index contributed by atoms with van der Waals surface area (Å²) in [5.41, 5.74) is 1.81. The molecule has 0 amide bonds. The van der Waals surface area contributed by atoms with E-state index in [2.05, 4.69) is 39.4 Å². The first-order valence-corrected chi connectivity index (χ1v) is 9.99. The van der Waals surface area contributed by atoms with Crippen molar-refractivity contribution in [1.29, 1.82) is 0 Å². The molecule has 7 heteroatoms. The number of rotatable bonds is 7. The lowest BCUT2D eigenvalue weighted by atomic mass is 10.0. The maximum absolute atomic E-state index is 5.59. The molecule has 0 radical (unpaired) electrons. The number of nitrogens with one attached hydrogen (secondary N) is 2. The fourth-order valence-electron chi connectivity index (χ4n) is 3.42. The molecule has 1 atom stereocenters. The summed E-state index contributed by atoms with van der Waals surface area (Å²) in [7, 11) is 0. The molecule has 2 N–H and O–H groups in total. The summed E-state index contributed by atoms with van der Waals surface area (Å²) >= 11 is 0. The first-order chi connectivity index (χ1) is 13.2. The van der Waals surface area contributed by atoms with Crippen molar-refractivity contribution in [3.8, 4) is 11.5 Å². The number of aliphatic imine (C=N–C) groups is 1. The summed E-state index contributed by atoms with van der Waals surface area (Å²) in [4.78, 5) is 11.7. The van der Waals surface area contributed by atoms with E-state index in [0.717, 1.165) is 42.8 Å². The van der Waals surface area contributed by atoms with Gasteiger partial charge in [-0.25, -0.2) is 9.98 Å². The van der Waals surface area contributed by atoms with Crippen LogP contribution >= 0.6 is 24.0 Å². The fraction of sp³-hybridized carbons (Fsp3) is 0.524. The number of benzene rings is 1. The molecule has 1 aromatic carbocycles. The number of oxazole rings is 1. The number of guanidine groups is 1. The summed E-state index contributed by atoms with van der Waals surface area (Å²) in [5, 5.41) is 6.73. The van der Waals surface area contributed by atoms with Gasteiger partial charge in [0, 0.05) is 31.7 Å². The van der Waals surface area contributed by atoms with Gasteiger partial charge in [0.2, 0.25) is 5.89 Å². The van der Waals surface area contributed by atoms with E-state index in [-0.39, 0.29) is 24.0 Å². The molecule has 2 aromatic rings. The van der Waals surface area contributed by atoms with Crippen LogP contribution in [-0.4, -0.2) is 48.6 Å². The van der Waals surface area contributed by atoms with E-state index in [1.165, 1.54) is 25.9 Å². The predicted molar refractivity (Wildman–Crippen MR) is 125 cm³/mol. The van der Waals surface area contributed by atoms with Crippen molar-refractivity contribution in [1.82, 2.24) is 20.5 Å². The van der Waals surface area contributed by atoms with E-state index < -0.39 is 0 Å². The Morgan fingerprint density at radius 2 is 2.11 bits per heavy atom. The largest absolute Gasteiger partial charge is 0.444 e. The Balaban J connectivity index is 0.00000280. The van der Waals surface area contributed by atoms with E-state index in [1.807, 2.05) is 30.3 Å². The highest BCUT2D eigenvalue weighted by atomic mass is 127. The highest BCUT2D eigenvalue weighted by Gasteiger charge is 2.15. The van der Waals surface area contributed by atoms with Crippen LogP contribution in [0.2, 0.25) is 0 Å². The molecular formula is C21H32IN5O. The Labute approximate surface area is 185 Å². The number of piperidine rings is 1. The van der Waals surface area contributed by atoms with Crippen molar-refractivity contribution in [3.05, 3.63) is 42.3 Å². The molecule has 6 nitrogen and oxygen atoms in total. The molecule has 3 rings (SSSR count). The van der Waals surface area contributed by atoms with Crippen LogP contribution < -0.4 is 10.6 Å². The minimum atomic E-state index is 0. The van der Waals surface area contributed by atoms with Gasteiger partial charge in [-0.05, 0) is 44.4 Å². The monoisotopic (exact) mass is 497 g/mol. The van der Waals surface area contributed by atoms with Crippen molar-refractivity contribution < 1.29 is 4.42 Å². The Morgan fingerprint density at radius 3 is 2.86 bits per heavy atom. The number of nitrogens with zero attached hydrogens (tertiary/aromatic N) is 3. The minimum absolute atomic E-state index is 0. The molecule has 1 aromatic heterocycles. The van der Waals surface area contributed by atoms with E-state index in [9.17, 15) is 0 Å². The van der Waals surface area contributed by atoms with E-state index in [1.54, 1.807) is 6.26 Å².